The maximum atomic E-state index is 14.2. The van der Waals surface area contributed by atoms with Gasteiger partial charge >= 0.3 is 0 Å². The first-order valence-electron chi connectivity index (χ1n) is 10.8. The Hall–Kier alpha value is -2.02. The van der Waals surface area contributed by atoms with E-state index in [2.05, 4.69) is 0 Å². The second-order valence-corrected chi connectivity index (χ2v) is 11.6. The number of benzene rings is 1. The Morgan fingerprint density at radius 2 is 1.67 bits per heavy atom. The van der Waals surface area contributed by atoms with Crippen LogP contribution in [0, 0.1) is 23.2 Å². The third kappa shape index (κ3) is 3.22. The summed E-state index contributed by atoms with van der Waals surface area (Å²) < 4.78 is 35.4. The number of methoxy groups -OCH3 is 2. The molecule has 4 fully saturated rings. The molecule has 0 unspecified atom stereocenters. The van der Waals surface area contributed by atoms with Gasteiger partial charge in [-0.1, -0.05) is 0 Å². The highest BCUT2D eigenvalue weighted by atomic mass is 32.2. The van der Waals surface area contributed by atoms with Crippen LogP contribution < -0.4 is 14.4 Å². The van der Waals surface area contributed by atoms with Gasteiger partial charge in [0.2, 0.25) is 5.91 Å². The molecule has 0 aromatic heterocycles. The molecular weight excluding hydrogens is 402 g/mol. The van der Waals surface area contributed by atoms with E-state index in [1.165, 1.54) is 24.7 Å². The summed E-state index contributed by atoms with van der Waals surface area (Å²) in [6.45, 7) is 0. The Kier molecular flexibility index (Phi) is 4.65. The number of hydrogen-bond acceptors (Lipinski definition) is 5. The number of hydrogen-bond donors (Lipinski definition) is 0. The van der Waals surface area contributed by atoms with Crippen molar-refractivity contribution >= 4 is 21.4 Å². The molecule has 4 bridgehead atoms. The molecule has 0 N–H and O–H groups in total. The van der Waals surface area contributed by atoms with Gasteiger partial charge in [-0.2, -0.15) is 0 Å². The zero-order valence-corrected chi connectivity index (χ0v) is 18.4. The highest BCUT2D eigenvalue weighted by Crippen LogP contribution is 2.61. The fraction of sp³-hybridized carbons (Fsp3) is 0.609. The lowest BCUT2D eigenvalue weighted by atomic mass is 9.49. The van der Waals surface area contributed by atoms with Crippen molar-refractivity contribution in [2.24, 2.45) is 23.2 Å². The molecule has 0 radical (unpaired) electrons. The average Bonchev–Trinajstić information content (AvgIpc) is 3.06. The van der Waals surface area contributed by atoms with Crippen molar-refractivity contribution in [3.8, 4) is 11.5 Å². The molecule has 0 spiro atoms. The largest absolute Gasteiger partial charge is 0.497 e. The molecule has 162 valence electrons. The van der Waals surface area contributed by atoms with Gasteiger partial charge in [0.1, 0.15) is 11.5 Å². The molecule has 1 heterocycles. The maximum Gasteiger partial charge on any atom is 0.233 e. The van der Waals surface area contributed by atoms with Crippen LogP contribution in [0.5, 0.6) is 11.5 Å². The molecule has 4 saturated carbocycles. The number of carbonyl (C=O) groups excluding carboxylic acids is 1. The van der Waals surface area contributed by atoms with Crippen molar-refractivity contribution < 1.29 is 22.7 Å². The minimum absolute atomic E-state index is 0.0665. The Balaban J connectivity index is 1.57. The van der Waals surface area contributed by atoms with E-state index in [0.29, 0.717) is 34.9 Å². The number of amides is 1. The second-order valence-electron chi connectivity index (χ2n) is 9.64. The highest BCUT2D eigenvalue weighted by Gasteiger charge is 2.56. The minimum Gasteiger partial charge on any atom is -0.497 e. The van der Waals surface area contributed by atoms with Crippen LogP contribution in [-0.4, -0.2) is 40.3 Å². The van der Waals surface area contributed by atoms with E-state index in [1.807, 2.05) is 6.07 Å². The van der Waals surface area contributed by atoms with Crippen LogP contribution in [0.15, 0.2) is 29.7 Å². The molecule has 0 saturated heterocycles. The third-order valence-corrected chi connectivity index (χ3v) is 8.98. The van der Waals surface area contributed by atoms with Gasteiger partial charge in [-0.15, -0.1) is 0 Å². The van der Waals surface area contributed by atoms with Crippen LogP contribution in [0.4, 0.5) is 5.69 Å². The van der Waals surface area contributed by atoms with Gasteiger partial charge in [0.25, 0.3) is 0 Å². The number of sulfone groups is 1. The molecule has 1 aromatic carbocycles. The van der Waals surface area contributed by atoms with E-state index in [1.54, 1.807) is 37.3 Å². The van der Waals surface area contributed by atoms with Crippen LogP contribution >= 0.6 is 0 Å². The van der Waals surface area contributed by atoms with E-state index in [-0.39, 0.29) is 17.1 Å². The molecule has 6 rings (SSSR count). The summed E-state index contributed by atoms with van der Waals surface area (Å²) in [7, 11) is -0.166. The summed E-state index contributed by atoms with van der Waals surface area (Å²) in [4.78, 5) is 15.9. The standard InChI is InChI=1S/C23H29NO5S/c1-28-19-3-4-20(21(10-19)29-2)24(18-5-6-30(26,27)14-18)22(25)23-11-15-7-16(12-23)9-17(8-15)13-23/h3-6,10,15-18H,7-9,11-14H2,1-2H3/t15?,16?,17?,18-,23?/m0/s1. The summed E-state index contributed by atoms with van der Waals surface area (Å²) in [5.41, 5.74) is 0.241. The summed E-state index contributed by atoms with van der Waals surface area (Å²) in [5.74, 6) is 3.02. The van der Waals surface area contributed by atoms with Crippen molar-refractivity contribution in [3.63, 3.8) is 0 Å². The molecule has 1 aromatic rings. The number of carbonyl (C=O) groups is 1. The zero-order chi connectivity index (χ0) is 21.1. The average molecular weight is 432 g/mol. The van der Waals surface area contributed by atoms with Gasteiger partial charge in [0.05, 0.1) is 37.1 Å². The second kappa shape index (κ2) is 7.01. The van der Waals surface area contributed by atoms with Crippen molar-refractivity contribution in [2.45, 2.75) is 44.6 Å². The molecule has 6 nitrogen and oxygen atoms in total. The van der Waals surface area contributed by atoms with Gasteiger partial charge in [0.15, 0.2) is 9.84 Å². The zero-order valence-electron chi connectivity index (χ0n) is 17.5. The van der Waals surface area contributed by atoms with Gasteiger partial charge in [-0.3, -0.25) is 4.79 Å². The van der Waals surface area contributed by atoms with Gasteiger partial charge in [0, 0.05) is 11.5 Å². The SMILES string of the molecule is COc1ccc(N(C(=O)C23CC4CC(CC(C4)C2)C3)[C@H]2C=CS(=O)(=O)C2)c(OC)c1. The lowest BCUT2D eigenvalue weighted by Gasteiger charge is -2.57. The number of anilines is 1. The third-order valence-electron chi connectivity index (χ3n) is 7.60. The smallest absolute Gasteiger partial charge is 0.233 e. The van der Waals surface area contributed by atoms with Crippen molar-refractivity contribution in [1.82, 2.24) is 0 Å². The number of ether oxygens (including phenoxy) is 2. The van der Waals surface area contributed by atoms with Crippen molar-refractivity contribution in [1.29, 1.82) is 0 Å². The van der Waals surface area contributed by atoms with Crippen LogP contribution in [0.1, 0.15) is 38.5 Å². The summed E-state index contributed by atoms with van der Waals surface area (Å²) in [6, 6.07) is 4.85. The normalized spacial score (nSPS) is 35.4. The van der Waals surface area contributed by atoms with Crippen molar-refractivity contribution in [3.05, 3.63) is 29.7 Å². The van der Waals surface area contributed by atoms with Gasteiger partial charge in [-0.25, -0.2) is 8.42 Å². The minimum atomic E-state index is -3.31. The monoisotopic (exact) mass is 431 g/mol. The van der Waals surface area contributed by atoms with Gasteiger partial charge < -0.3 is 14.4 Å². The van der Waals surface area contributed by atoms with Crippen LogP contribution in [-0.2, 0) is 14.6 Å². The Morgan fingerprint density at radius 1 is 1.03 bits per heavy atom. The lowest BCUT2D eigenvalue weighted by molar-refractivity contribution is -0.143. The highest BCUT2D eigenvalue weighted by molar-refractivity contribution is 7.94. The van der Waals surface area contributed by atoms with E-state index in [0.717, 1.165) is 19.3 Å². The quantitative estimate of drug-likeness (QED) is 0.713. The fourth-order valence-electron chi connectivity index (χ4n) is 6.77. The molecule has 30 heavy (non-hydrogen) atoms. The topological polar surface area (TPSA) is 72.9 Å². The Labute approximate surface area is 178 Å². The molecule has 4 aliphatic carbocycles. The number of rotatable bonds is 5. The first kappa shape index (κ1) is 19.9. The Bertz CT molecular complexity index is 964. The summed E-state index contributed by atoms with van der Waals surface area (Å²) >= 11 is 0. The fourth-order valence-corrected chi connectivity index (χ4v) is 8.04. The predicted molar refractivity (Wildman–Crippen MR) is 114 cm³/mol. The number of nitrogens with zero attached hydrogens (tertiary/aromatic N) is 1. The first-order chi connectivity index (χ1) is 14.3. The van der Waals surface area contributed by atoms with E-state index < -0.39 is 15.9 Å². The Morgan fingerprint density at radius 3 is 2.17 bits per heavy atom. The molecular formula is C23H29NO5S. The van der Waals surface area contributed by atoms with Gasteiger partial charge in [-0.05, 0) is 74.5 Å². The molecule has 7 heteroatoms. The molecule has 1 atom stereocenters. The molecule has 5 aliphatic rings. The molecule has 1 aliphatic heterocycles. The first-order valence-corrected chi connectivity index (χ1v) is 12.5. The van der Waals surface area contributed by atoms with Crippen LogP contribution in [0.25, 0.3) is 0 Å². The predicted octanol–water partition coefficient (Wildman–Crippen LogP) is 3.56. The van der Waals surface area contributed by atoms with E-state index in [4.69, 9.17) is 9.47 Å². The summed E-state index contributed by atoms with van der Waals surface area (Å²) in [6.07, 6.45) is 8.17. The summed E-state index contributed by atoms with van der Waals surface area (Å²) in [5, 5.41) is 1.24. The van der Waals surface area contributed by atoms with E-state index >= 15 is 0 Å². The van der Waals surface area contributed by atoms with Crippen LogP contribution in [0.3, 0.4) is 0 Å². The molecule has 1 amide bonds. The lowest BCUT2D eigenvalue weighted by Crippen LogP contribution is -2.57. The maximum absolute atomic E-state index is 14.2. The van der Waals surface area contributed by atoms with Crippen LogP contribution in [0.2, 0.25) is 0 Å². The van der Waals surface area contributed by atoms with Crippen molar-refractivity contribution in [2.75, 3.05) is 24.9 Å². The van der Waals surface area contributed by atoms with E-state index in [9.17, 15) is 13.2 Å².